The van der Waals surface area contributed by atoms with Gasteiger partial charge in [-0.15, -0.1) is 0 Å². The number of pyridine rings is 1. The summed E-state index contributed by atoms with van der Waals surface area (Å²) >= 11 is 5.28. The second kappa shape index (κ2) is 6.38. The maximum atomic E-state index is 4.38. The van der Waals surface area contributed by atoms with Crippen molar-refractivity contribution in [2.24, 2.45) is 0 Å². The molecule has 84 valence electrons. The zero-order chi connectivity index (χ0) is 11.3. The van der Waals surface area contributed by atoms with Crippen LogP contribution in [0.15, 0.2) is 22.8 Å². The molecular weight excluding hydrogens is 272 g/mol. The van der Waals surface area contributed by atoms with Gasteiger partial charge in [0.2, 0.25) is 0 Å². The molecule has 0 aliphatic heterocycles. The highest BCUT2D eigenvalue weighted by Gasteiger charge is 2.10. The summed E-state index contributed by atoms with van der Waals surface area (Å²) in [5.74, 6) is 2.23. The van der Waals surface area contributed by atoms with Crippen molar-refractivity contribution in [3.8, 4) is 0 Å². The van der Waals surface area contributed by atoms with Crippen LogP contribution in [0.5, 0.6) is 0 Å². The molecule has 0 aromatic carbocycles. The molecule has 0 spiro atoms. The van der Waals surface area contributed by atoms with E-state index in [9.17, 15) is 0 Å². The molecule has 2 nitrogen and oxygen atoms in total. The molecule has 1 rings (SSSR count). The van der Waals surface area contributed by atoms with Crippen LogP contribution in [0.3, 0.4) is 0 Å². The van der Waals surface area contributed by atoms with E-state index in [2.05, 4.69) is 46.0 Å². The van der Waals surface area contributed by atoms with Gasteiger partial charge < -0.3 is 4.90 Å². The number of thioether (sulfide) groups is 1. The van der Waals surface area contributed by atoms with Gasteiger partial charge in [0, 0.05) is 23.8 Å². The molecule has 0 amide bonds. The standard InChI is InChI=1S/C11H17BrN2S/c1-9(6-7-15-3)14(2)11-5-4-10(12)8-13-11/h4-5,8-9H,6-7H2,1-3H3. The third kappa shape index (κ3) is 4.03. The van der Waals surface area contributed by atoms with Crippen LogP contribution in [0, 0.1) is 0 Å². The van der Waals surface area contributed by atoms with Crippen molar-refractivity contribution >= 4 is 33.5 Å². The summed E-state index contributed by atoms with van der Waals surface area (Å²) in [7, 11) is 2.10. The quantitative estimate of drug-likeness (QED) is 0.826. The first-order valence-electron chi connectivity index (χ1n) is 4.98. The fourth-order valence-corrected chi connectivity index (χ4v) is 2.10. The van der Waals surface area contributed by atoms with E-state index in [1.807, 2.05) is 30.1 Å². The fraction of sp³-hybridized carbons (Fsp3) is 0.545. The molecule has 1 atom stereocenters. The van der Waals surface area contributed by atoms with Gasteiger partial charge in [-0.25, -0.2) is 4.98 Å². The molecule has 4 heteroatoms. The van der Waals surface area contributed by atoms with E-state index in [1.54, 1.807) is 0 Å². The maximum Gasteiger partial charge on any atom is 0.128 e. The highest BCUT2D eigenvalue weighted by Crippen LogP contribution is 2.17. The number of aromatic nitrogens is 1. The molecule has 15 heavy (non-hydrogen) atoms. The molecule has 0 saturated carbocycles. The van der Waals surface area contributed by atoms with E-state index in [4.69, 9.17) is 0 Å². The number of anilines is 1. The molecule has 0 aliphatic rings. The van der Waals surface area contributed by atoms with Crippen LogP contribution in [0.25, 0.3) is 0 Å². The van der Waals surface area contributed by atoms with Crippen molar-refractivity contribution in [1.82, 2.24) is 4.98 Å². The van der Waals surface area contributed by atoms with Gasteiger partial charge in [0.1, 0.15) is 5.82 Å². The predicted octanol–water partition coefficient (Wildman–Crippen LogP) is 3.42. The summed E-state index contributed by atoms with van der Waals surface area (Å²) in [6.45, 7) is 2.24. The molecule has 1 aromatic rings. The van der Waals surface area contributed by atoms with Gasteiger partial charge in [-0.05, 0) is 53.4 Å². The van der Waals surface area contributed by atoms with Crippen LogP contribution in [0.2, 0.25) is 0 Å². The minimum atomic E-state index is 0.533. The summed E-state index contributed by atoms with van der Waals surface area (Å²) in [6.07, 6.45) is 5.17. The zero-order valence-electron chi connectivity index (χ0n) is 9.40. The summed E-state index contributed by atoms with van der Waals surface area (Å²) in [6, 6.07) is 4.60. The lowest BCUT2D eigenvalue weighted by Gasteiger charge is -2.25. The van der Waals surface area contributed by atoms with Gasteiger partial charge in [0.25, 0.3) is 0 Å². The summed E-state index contributed by atoms with van der Waals surface area (Å²) in [5, 5.41) is 0. The third-order valence-corrected chi connectivity index (χ3v) is 3.59. The van der Waals surface area contributed by atoms with Crippen molar-refractivity contribution in [3.05, 3.63) is 22.8 Å². The zero-order valence-corrected chi connectivity index (χ0v) is 11.8. The lowest BCUT2D eigenvalue weighted by Crippen LogP contribution is -2.29. The number of halogens is 1. The van der Waals surface area contributed by atoms with Gasteiger partial charge in [-0.3, -0.25) is 0 Å². The maximum absolute atomic E-state index is 4.38. The third-order valence-electron chi connectivity index (χ3n) is 2.47. The van der Waals surface area contributed by atoms with Crippen LogP contribution in [0.4, 0.5) is 5.82 Å². The highest BCUT2D eigenvalue weighted by atomic mass is 79.9. The van der Waals surface area contributed by atoms with E-state index in [0.29, 0.717) is 6.04 Å². The second-order valence-electron chi connectivity index (χ2n) is 3.58. The Hall–Kier alpha value is -0.220. The average molecular weight is 289 g/mol. The molecule has 0 aliphatic carbocycles. The van der Waals surface area contributed by atoms with Gasteiger partial charge in [0.15, 0.2) is 0 Å². The number of hydrogen-bond donors (Lipinski definition) is 0. The first kappa shape index (κ1) is 12.8. The van der Waals surface area contributed by atoms with E-state index in [0.717, 1.165) is 10.3 Å². The molecule has 0 bridgehead atoms. The van der Waals surface area contributed by atoms with E-state index < -0.39 is 0 Å². The lowest BCUT2D eigenvalue weighted by atomic mass is 10.2. The molecule has 0 N–H and O–H groups in total. The van der Waals surface area contributed by atoms with Crippen LogP contribution >= 0.6 is 27.7 Å². The molecule has 1 heterocycles. The van der Waals surface area contributed by atoms with E-state index in [-0.39, 0.29) is 0 Å². The first-order valence-corrected chi connectivity index (χ1v) is 7.17. The van der Waals surface area contributed by atoms with Crippen molar-refractivity contribution in [1.29, 1.82) is 0 Å². The first-order chi connectivity index (χ1) is 7.15. The smallest absolute Gasteiger partial charge is 0.128 e. The number of nitrogens with zero attached hydrogens (tertiary/aromatic N) is 2. The predicted molar refractivity (Wildman–Crippen MR) is 72.8 cm³/mol. The summed E-state index contributed by atoms with van der Waals surface area (Å²) in [4.78, 5) is 6.60. The Kier molecular flexibility index (Phi) is 5.47. The van der Waals surface area contributed by atoms with Crippen molar-refractivity contribution in [2.75, 3.05) is 24.0 Å². The fourth-order valence-electron chi connectivity index (χ4n) is 1.28. The SMILES string of the molecule is CSCCC(C)N(C)c1ccc(Br)cn1. The summed E-state index contributed by atoms with van der Waals surface area (Å²) < 4.78 is 1.02. The van der Waals surface area contributed by atoms with Gasteiger partial charge in [-0.2, -0.15) is 11.8 Å². The largest absolute Gasteiger partial charge is 0.357 e. The number of hydrogen-bond acceptors (Lipinski definition) is 3. The monoisotopic (exact) mass is 288 g/mol. The summed E-state index contributed by atoms with van der Waals surface area (Å²) in [5.41, 5.74) is 0. The van der Waals surface area contributed by atoms with Gasteiger partial charge >= 0.3 is 0 Å². The highest BCUT2D eigenvalue weighted by molar-refractivity contribution is 9.10. The minimum absolute atomic E-state index is 0.533. The van der Waals surface area contributed by atoms with Crippen molar-refractivity contribution in [3.63, 3.8) is 0 Å². The Morgan fingerprint density at radius 3 is 2.80 bits per heavy atom. The molecule has 0 fully saturated rings. The van der Waals surface area contributed by atoms with Crippen LogP contribution in [-0.4, -0.2) is 30.1 Å². The Bertz CT molecular complexity index is 289. The molecule has 1 aromatic heterocycles. The van der Waals surface area contributed by atoms with Crippen molar-refractivity contribution < 1.29 is 0 Å². The Balaban J connectivity index is 2.59. The van der Waals surface area contributed by atoms with Gasteiger partial charge in [-0.1, -0.05) is 0 Å². The van der Waals surface area contributed by atoms with Crippen molar-refractivity contribution in [2.45, 2.75) is 19.4 Å². The Labute approximate surface area is 105 Å². The molecule has 0 saturated heterocycles. The van der Waals surface area contributed by atoms with Crippen LogP contribution < -0.4 is 4.90 Å². The average Bonchev–Trinajstić information content (AvgIpc) is 2.26. The topological polar surface area (TPSA) is 16.1 Å². The molecule has 0 radical (unpaired) electrons. The normalized spacial score (nSPS) is 12.5. The van der Waals surface area contributed by atoms with Gasteiger partial charge in [0.05, 0.1) is 0 Å². The van der Waals surface area contributed by atoms with E-state index in [1.165, 1.54) is 12.2 Å². The minimum Gasteiger partial charge on any atom is -0.357 e. The molecular formula is C11H17BrN2S. The second-order valence-corrected chi connectivity index (χ2v) is 5.48. The number of rotatable bonds is 5. The van der Waals surface area contributed by atoms with Crippen LogP contribution in [0.1, 0.15) is 13.3 Å². The van der Waals surface area contributed by atoms with Crippen LogP contribution in [-0.2, 0) is 0 Å². The van der Waals surface area contributed by atoms with E-state index >= 15 is 0 Å². The molecule has 1 unspecified atom stereocenters. The Morgan fingerprint density at radius 1 is 1.53 bits per heavy atom. The Morgan fingerprint density at radius 2 is 2.27 bits per heavy atom. The lowest BCUT2D eigenvalue weighted by molar-refractivity contribution is 0.662.